The molecule has 2 amide bonds. The summed E-state index contributed by atoms with van der Waals surface area (Å²) < 4.78 is 10.7. The Hall–Kier alpha value is -5.55. The molecular formula is C31H23N3O8. The van der Waals surface area contributed by atoms with E-state index in [1.807, 2.05) is 0 Å². The van der Waals surface area contributed by atoms with Gasteiger partial charge in [-0.2, -0.15) is 0 Å². The molecule has 42 heavy (non-hydrogen) atoms. The second-order valence-electron chi connectivity index (χ2n) is 9.63. The number of nitro groups is 1. The molecule has 2 saturated heterocycles. The van der Waals surface area contributed by atoms with E-state index in [4.69, 9.17) is 14.3 Å². The normalized spacial score (nSPS) is 19.5. The third-order valence-electron chi connectivity index (χ3n) is 7.18. The Labute approximate surface area is 239 Å². The fourth-order valence-electron chi connectivity index (χ4n) is 5.18. The van der Waals surface area contributed by atoms with E-state index in [9.17, 15) is 24.5 Å². The van der Waals surface area contributed by atoms with E-state index >= 15 is 0 Å². The van der Waals surface area contributed by atoms with Crippen molar-refractivity contribution in [1.82, 2.24) is 0 Å². The number of imide groups is 1. The first-order chi connectivity index (χ1) is 20.4. The van der Waals surface area contributed by atoms with Crippen LogP contribution in [0.25, 0.3) is 0 Å². The summed E-state index contributed by atoms with van der Waals surface area (Å²) >= 11 is 0. The maximum absolute atomic E-state index is 13.8. The minimum absolute atomic E-state index is 0.174. The molecule has 3 atom stereocenters. The fourth-order valence-corrected chi connectivity index (χ4v) is 5.18. The van der Waals surface area contributed by atoms with Crippen LogP contribution in [0.5, 0.6) is 11.5 Å². The first kappa shape index (κ1) is 26.7. The van der Waals surface area contributed by atoms with E-state index in [2.05, 4.69) is 0 Å². The fraction of sp³-hybridized carbons (Fsp3) is 0.129. The summed E-state index contributed by atoms with van der Waals surface area (Å²) in [6.07, 6.45) is -1.17. The van der Waals surface area contributed by atoms with Crippen LogP contribution in [0, 0.1) is 16.0 Å². The van der Waals surface area contributed by atoms with Gasteiger partial charge in [-0.05, 0) is 60.2 Å². The minimum Gasteiger partial charge on any atom is -0.497 e. The van der Waals surface area contributed by atoms with Crippen molar-refractivity contribution in [3.8, 4) is 11.5 Å². The van der Waals surface area contributed by atoms with Crippen LogP contribution in [0.4, 0.5) is 17.1 Å². The van der Waals surface area contributed by atoms with Gasteiger partial charge in [-0.3, -0.25) is 24.5 Å². The number of ether oxygens (including phenoxy) is 2. The molecule has 2 aliphatic heterocycles. The summed E-state index contributed by atoms with van der Waals surface area (Å²) in [7, 11) is 1.51. The molecule has 2 heterocycles. The van der Waals surface area contributed by atoms with Gasteiger partial charge in [0.05, 0.1) is 35.0 Å². The molecule has 0 N–H and O–H groups in total. The number of nitrogens with zero attached hydrogens (tertiary/aromatic N) is 3. The van der Waals surface area contributed by atoms with Gasteiger partial charge in [-0.25, -0.2) is 14.8 Å². The van der Waals surface area contributed by atoms with E-state index in [1.54, 1.807) is 84.9 Å². The summed E-state index contributed by atoms with van der Waals surface area (Å²) in [5, 5.41) is 12.8. The highest BCUT2D eigenvalue weighted by Gasteiger charge is 2.60. The molecule has 0 radical (unpaired) electrons. The maximum Gasteiger partial charge on any atom is 0.343 e. The third kappa shape index (κ3) is 4.71. The number of anilines is 2. The van der Waals surface area contributed by atoms with Gasteiger partial charge in [0.2, 0.25) is 5.91 Å². The number of hydrogen-bond donors (Lipinski definition) is 0. The molecule has 0 spiro atoms. The summed E-state index contributed by atoms with van der Waals surface area (Å²) in [5.41, 5.74) is 1.46. The highest BCUT2D eigenvalue weighted by Crippen LogP contribution is 2.48. The number of carbonyl (C=O) groups is 3. The molecule has 0 saturated carbocycles. The zero-order valence-electron chi connectivity index (χ0n) is 22.2. The number of non-ortho nitro benzene ring substituents is 1. The maximum atomic E-state index is 13.8. The van der Waals surface area contributed by atoms with Crippen molar-refractivity contribution in [3.05, 3.63) is 124 Å². The van der Waals surface area contributed by atoms with Gasteiger partial charge in [0.1, 0.15) is 17.4 Å². The molecule has 4 aromatic rings. The van der Waals surface area contributed by atoms with Gasteiger partial charge in [0.25, 0.3) is 11.6 Å². The van der Waals surface area contributed by atoms with Gasteiger partial charge in [-0.15, -0.1) is 0 Å². The lowest BCUT2D eigenvalue weighted by atomic mass is 9.90. The number of fused-ring (bicyclic) bond motifs is 1. The van der Waals surface area contributed by atoms with Gasteiger partial charge >= 0.3 is 5.97 Å². The average Bonchev–Trinajstić information content (AvgIpc) is 3.53. The van der Waals surface area contributed by atoms with Crippen molar-refractivity contribution in [3.63, 3.8) is 0 Å². The molecule has 2 aliphatic rings. The quantitative estimate of drug-likeness (QED) is 0.101. The van der Waals surface area contributed by atoms with Crippen LogP contribution in [0.3, 0.4) is 0 Å². The van der Waals surface area contributed by atoms with Gasteiger partial charge in [0, 0.05) is 12.1 Å². The Balaban J connectivity index is 1.35. The zero-order valence-corrected chi connectivity index (χ0v) is 22.2. The lowest BCUT2D eigenvalue weighted by Crippen LogP contribution is -2.37. The molecule has 6 rings (SSSR count). The van der Waals surface area contributed by atoms with Crippen LogP contribution >= 0.6 is 0 Å². The number of rotatable bonds is 7. The van der Waals surface area contributed by atoms with Crippen molar-refractivity contribution >= 4 is 34.8 Å². The van der Waals surface area contributed by atoms with Crippen molar-refractivity contribution in [1.29, 1.82) is 0 Å². The second-order valence-corrected chi connectivity index (χ2v) is 9.63. The summed E-state index contributed by atoms with van der Waals surface area (Å²) in [6.45, 7) is 0. The van der Waals surface area contributed by atoms with Crippen LogP contribution in [0.15, 0.2) is 103 Å². The molecule has 0 unspecified atom stereocenters. The van der Waals surface area contributed by atoms with Crippen molar-refractivity contribution < 1.29 is 33.6 Å². The first-order valence-corrected chi connectivity index (χ1v) is 13.0. The molecule has 210 valence electrons. The highest BCUT2D eigenvalue weighted by atomic mass is 16.7. The molecular weight excluding hydrogens is 542 g/mol. The molecule has 0 aromatic heterocycles. The van der Waals surface area contributed by atoms with Gasteiger partial charge in [0.15, 0.2) is 6.10 Å². The van der Waals surface area contributed by atoms with Crippen LogP contribution in [0.2, 0.25) is 0 Å². The Morgan fingerprint density at radius 3 is 2.19 bits per heavy atom. The first-order valence-electron chi connectivity index (χ1n) is 13.0. The standard InChI is InChI=1S/C31H23N3O8/c1-40-24-16-12-21(13-17-24)32-29(35)26-27(19-10-14-25(15-11-19)41-31(37)20-6-3-2-4-7-20)33(42-28(26)30(32)36)22-8-5-9-23(18-22)34(38)39/h2-18,26-28H,1H3/t26-,27-,28-/m0/s1. The number of nitro benzene ring substituents is 1. The van der Waals surface area contributed by atoms with E-state index in [-0.39, 0.29) is 11.4 Å². The zero-order chi connectivity index (χ0) is 29.4. The van der Waals surface area contributed by atoms with Crippen LogP contribution in [-0.2, 0) is 14.4 Å². The van der Waals surface area contributed by atoms with Crippen LogP contribution in [0.1, 0.15) is 22.0 Å². The Morgan fingerprint density at radius 2 is 1.52 bits per heavy atom. The minimum atomic E-state index is -1.17. The number of carbonyl (C=O) groups excluding carboxylic acids is 3. The summed E-state index contributed by atoms with van der Waals surface area (Å²) in [5.74, 6) is -1.68. The smallest absolute Gasteiger partial charge is 0.343 e. The Kier molecular flexibility index (Phi) is 6.85. The third-order valence-corrected chi connectivity index (χ3v) is 7.18. The highest BCUT2D eigenvalue weighted by molar-refractivity contribution is 6.24. The van der Waals surface area contributed by atoms with Crippen molar-refractivity contribution in [2.24, 2.45) is 5.92 Å². The predicted molar refractivity (Wildman–Crippen MR) is 150 cm³/mol. The molecule has 2 fully saturated rings. The van der Waals surface area contributed by atoms with Crippen molar-refractivity contribution in [2.45, 2.75) is 12.1 Å². The van der Waals surface area contributed by atoms with E-state index in [1.165, 1.54) is 30.4 Å². The Bertz CT molecular complexity index is 1670. The number of esters is 1. The van der Waals surface area contributed by atoms with E-state index in [0.29, 0.717) is 28.3 Å². The summed E-state index contributed by atoms with van der Waals surface area (Å²) in [4.78, 5) is 58.0. The molecule has 11 heteroatoms. The molecule has 11 nitrogen and oxygen atoms in total. The second kappa shape index (κ2) is 10.8. The molecule has 0 aliphatic carbocycles. The predicted octanol–water partition coefficient (Wildman–Crippen LogP) is 4.87. The van der Waals surface area contributed by atoms with Gasteiger partial charge in [-0.1, -0.05) is 36.4 Å². The lowest BCUT2D eigenvalue weighted by molar-refractivity contribution is -0.384. The van der Waals surface area contributed by atoms with E-state index in [0.717, 1.165) is 4.90 Å². The lowest BCUT2D eigenvalue weighted by Gasteiger charge is -2.28. The molecule has 4 aromatic carbocycles. The van der Waals surface area contributed by atoms with Gasteiger partial charge < -0.3 is 9.47 Å². The van der Waals surface area contributed by atoms with E-state index < -0.39 is 40.8 Å². The number of hydroxylamine groups is 1. The van der Waals surface area contributed by atoms with Crippen LogP contribution in [-0.4, -0.2) is 35.9 Å². The topological polar surface area (TPSA) is 129 Å². The van der Waals surface area contributed by atoms with Crippen molar-refractivity contribution in [2.75, 3.05) is 17.1 Å². The number of amides is 2. The Morgan fingerprint density at radius 1 is 0.833 bits per heavy atom. The van der Waals surface area contributed by atoms with Crippen LogP contribution < -0.4 is 19.4 Å². The number of hydrogen-bond acceptors (Lipinski definition) is 9. The SMILES string of the molecule is COc1ccc(N2C(=O)[C@@H]3[C@H](ON(c4cccc([N+](=O)[O-])c4)[C@H]3c3ccc(OC(=O)c4ccccc4)cc3)C2=O)cc1. The molecule has 0 bridgehead atoms. The number of benzene rings is 4. The average molecular weight is 566 g/mol. The monoisotopic (exact) mass is 565 g/mol. The number of methoxy groups -OCH3 is 1. The summed E-state index contributed by atoms with van der Waals surface area (Å²) in [6, 6.07) is 26.5. The largest absolute Gasteiger partial charge is 0.497 e.